The van der Waals surface area contributed by atoms with Crippen LogP contribution in [0.1, 0.15) is 5.56 Å². The number of nitrogens with two attached hydrogens (primary N) is 2. The lowest BCUT2D eigenvalue weighted by Crippen LogP contribution is -2.28. The van der Waals surface area contributed by atoms with Crippen molar-refractivity contribution in [2.24, 2.45) is 5.73 Å². The number of nitrogens with one attached hydrogen (secondary N) is 1. The third-order valence-corrected chi connectivity index (χ3v) is 6.07. The number of nitrogens with zero attached hydrogens (tertiary/aromatic N) is 3. The molecule has 0 spiro atoms. The molecule has 0 saturated carbocycles. The maximum Gasteiger partial charge on any atom is 0.191 e. The van der Waals surface area contributed by atoms with Gasteiger partial charge in [-0.2, -0.15) is 0 Å². The Morgan fingerprint density at radius 1 is 1.06 bits per heavy atom. The molecule has 0 bridgehead atoms. The maximum atomic E-state index is 9.76. The standard InChI is InChI=1S/C21H22N6O2S2/c22-10-14(28)11-24-18-17-19(25-20(23)31-17)27-21(26-18)30-12-13-5-4-8-16(9-13)29-15-6-2-1-3-7-15/h1-9,14,28H,10-12,22H2,(H3,23,24,25,26,27). The monoisotopic (exact) mass is 454 g/mol. The van der Waals surface area contributed by atoms with Crippen LogP contribution in [0, 0.1) is 0 Å². The number of benzene rings is 2. The van der Waals surface area contributed by atoms with Gasteiger partial charge in [-0.25, -0.2) is 15.0 Å². The number of aliphatic hydroxyl groups is 1. The first kappa shape index (κ1) is 21.3. The molecule has 10 heteroatoms. The fraction of sp³-hybridized carbons (Fsp3) is 0.190. The van der Waals surface area contributed by atoms with Crippen molar-refractivity contribution in [3.8, 4) is 11.5 Å². The van der Waals surface area contributed by atoms with Gasteiger partial charge in [0.15, 0.2) is 21.8 Å². The number of fused-ring (bicyclic) bond motifs is 1. The smallest absolute Gasteiger partial charge is 0.191 e. The molecule has 0 radical (unpaired) electrons. The van der Waals surface area contributed by atoms with Crippen LogP contribution in [-0.2, 0) is 5.75 Å². The van der Waals surface area contributed by atoms with Gasteiger partial charge in [0.05, 0.1) is 6.10 Å². The number of aliphatic hydroxyl groups excluding tert-OH is 1. The zero-order valence-corrected chi connectivity index (χ0v) is 18.2. The quantitative estimate of drug-likeness (QED) is 0.222. The number of hydrogen-bond acceptors (Lipinski definition) is 10. The van der Waals surface area contributed by atoms with Gasteiger partial charge >= 0.3 is 0 Å². The molecule has 0 aliphatic heterocycles. The summed E-state index contributed by atoms with van der Waals surface area (Å²) in [6, 6.07) is 17.6. The molecule has 31 heavy (non-hydrogen) atoms. The molecule has 1 atom stereocenters. The first-order chi connectivity index (χ1) is 15.1. The van der Waals surface area contributed by atoms with E-state index < -0.39 is 6.10 Å². The number of hydrogen-bond donors (Lipinski definition) is 4. The van der Waals surface area contributed by atoms with Crippen LogP contribution in [0.25, 0.3) is 10.3 Å². The molecule has 4 rings (SSSR count). The van der Waals surface area contributed by atoms with E-state index in [0.29, 0.717) is 27.5 Å². The molecule has 0 aliphatic carbocycles. The second-order valence-electron chi connectivity index (χ2n) is 6.68. The van der Waals surface area contributed by atoms with Crippen LogP contribution < -0.4 is 21.5 Å². The molecular weight excluding hydrogens is 432 g/mol. The number of aromatic nitrogens is 3. The van der Waals surface area contributed by atoms with E-state index in [1.54, 1.807) is 0 Å². The van der Waals surface area contributed by atoms with Crippen LogP contribution in [0.5, 0.6) is 11.5 Å². The lowest BCUT2D eigenvalue weighted by atomic mass is 10.2. The van der Waals surface area contributed by atoms with Crippen LogP contribution in [0.15, 0.2) is 59.8 Å². The molecule has 0 fully saturated rings. The Kier molecular flexibility index (Phi) is 6.82. The van der Waals surface area contributed by atoms with Crippen molar-refractivity contribution in [3.63, 3.8) is 0 Å². The number of para-hydroxylation sites is 1. The average molecular weight is 455 g/mol. The molecule has 160 valence electrons. The fourth-order valence-electron chi connectivity index (χ4n) is 2.77. The van der Waals surface area contributed by atoms with Gasteiger partial charge in [0, 0.05) is 18.8 Å². The highest BCUT2D eigenvalue weighted by Crippen LogP contribution is 2.32. The predicted molar refractivity (Wildman–Crippen MR) is 126 cm³/mol. The summed E-state index contributed by atoms with van der Waals surface area (Å²) in [5.74, 6) is 2.81. The number of rotatable bonds is 9. The highest BCUT2D eigenvalue weighted by Gasteiger charge is 2.14. The number of thiazole rings is 1. The highest BCUT2D eigenvalue weighted by atomic mass is 32.2. The summed E-state index contributed by atoms with van der Waals surface area (Å²) in [4.78, 5) is 13.4. The second-order valence-corrected chi connectivity index (χ2v) is 8.65. The van der Waals surface area contributed by atoms with E-state index in [4.69, 9.17) is 16.2 Å². The summed E-state index contributed by atoms with van der Waals surface area (Å²) in [5.41, 5.74) is 13.0. The molecule has 0 amide bonds. The minimum Gasteiger partial charge on any atom is -0.457 e. The van der Waals surface area contributed by atoms with Gasteiger partial charge in [0.25, 0.3) is 0 Å². The lowest BCUT2D eigenvalue weighted by Gasteiger charge is -2.11. The number of thioether (sulfide) groups is 1. The molecule has 2 heterocycles. The Bertz CT molecular complexity index is 1160. The van der Waals surface area contributed by atoms with E-state index in [0.717, 1.165) is 21.8 Å². The Morgan fingerprint density at radius 2 is 1.87 bits per heavy atom. The average Bonchev–Trinajstić information content (AvgIpc) is 3.17. The molecule has 1 unspecified atom stereocenters. The molecule has 0 saturated heterocycles. The van der Waals surface area contributed by atoms with Crippen molar-refractivity contribution in [2.75, 3.05) is 24.1 Å². The minimum atomic E-state index is -0.668. The zero-order chi connectivity index (χ0) is 21.6. The number of nitrogen functional groups attached to an aromatic ring is 1. The Labute approximate surface area is 187 Å². The van der Waals surface area contributed by atoms with Crippen molar-refractivity contribution in [1.82, 2.24) is 15.0 Å². The Morgan fingerprint density at radius 3 is 2.68 bits per heavy atom. The third-order valence-electron chi connectivity index (χ3n) is 4.27. The zero-order valence-electron chi connectivity index (χ0n) is 16.6. The van der Waals surface area contributed by atoms with Crippen LogP contribution in [-0.4, -0.2) is 39.3 Å². The maximum absolute atomic E-state index is 9.76. The summed E-state index contributed by atoms with van der Waals surface area (Å²) >= 11 is 2.79. The van der Waals surface area contributed by atoms with Crippen LogP contribution in [0.3, 0.4) is 0 Å². The summed E-state index contributed by atoms with van der Waals surface area (Å²) in [5, 5.41) is 13.9. The summed E-state index contributed by atoms with van der Waals surface area (Å²) in [7, 11) is 0. The van der Waals surface area contributed by atoms with E-state index in [9.17, 15) is 5.11 Å². The summed E-state index contributed by atoms with van der Waals surface area (Å²) in [6.45, 7) is 0.443. The molecule has 4 aromatic rings. The number of anilines is 2. The normalized spacial score (nSPS) is 12.1. The largest absolute Gasteiger partial charge is 0.457 e. The van der Waals surface area contributed by atoms with E-state index in [-0.39, 0.29) is 13.1 Å². The third kappa shape index (κ3) is 5.61. The van der Waals surface area contributed by atoms with Crippen molar-refractivity contribution in [1.29, 1.82) is 0 Å². The molecular formula is C21H22N6O2S2. The molecule has 8 nitrogen and oxygen atoms in total. The first-order valence-electron chi connectivity index (χ1n) is 9.61. The van der Waals surface area contributed by atoms with Crippen LogP contribution in [0.4, 0.5) is 10.9 Å². The van der Waals surface area contributed by atoms with Crippen LogP contribution >= 0.6 is 23.1 Å². The first-order valence-corrected chi connectivity index (χ1v) is 11.4. The van der Waals surface area contributed by atoms with Crippen molar-refractivity contribution >= 4 is 44.4 Å². The van der Waals surface area contributed by atoms with Crippen molar-refractivity contribution < 1.29 is 9.84 Å². The van der Waals surface area contributed by atoms with Crippen molar-refractivity contribution in [2.45, 2.75) is 17.0 Å². The van der Waals surface area contributed by atoms with Gasteiger partial charge in [-0.05, 0) is 29.8 Å². The van der Waals surface area contributed by atoms with Gasteiger partial charge in [0.1, 0.15) is 16.2 Å². The van der Waals surface area contributed by atoms with E-state index in [2.05, 4.69) is 20.3 Å². The van der Waals surface area contributed by atoms with Gasteiger partial charge in [0.2, 0.25) is 0 Å². The Hall–Kier alpha value is -2.92. The van der Waals surface area contributed by atoms with E-state index in [1.807, 2.05) is 54.6 Å². The van der Waals surface area contributed by atoms with Gasteiger partial charge in [-0.15, -0.1) is 0 Å². The van der Waals surface area contributed by atoms with E-state index >= 15 is 0 Å². The minimum absolute atomic E-state index is 0.162. The molecule has 2 aromatic carbocycles. The van der Waals surface area contributed by atoms with E-state index in [1.165, 1.54) is 23.1 Å². The Balaban J connectivity index is 1.49. The van der Waals surface area contributed by atoms with Gasteiger partial charge < -0.3 is 26.6 Å². The molecule has 6 N–H and O–H groups in total. The highest BCUT2D eigenvalue weighted by molar-refractivity contribution is 7.98. The fourth-order valence-corrected chi connectivity index (χ4v) is 4.29. The lowest BCUT2D eigenvalue weighted by molar-refractivity contribution is 0.196. The molecule has 0 aliphatic rings. The van der Waals surface area contributed by atoms with Gasteiger partial charge in [-0.1, -0.05) is 53.4 Å². The van der Waals surface area contributed by atoms with Crippen LogP contribution in [0.2, 0.25) is 0 Å². The SMILES string of the molecule is NCC(O)CNc1nc(SCc2cccc(Oc3ccccc3)c2)nc2nc(N)sc12. The number of ether oxygens (including phenoxy) is 1. The molecule has 2 aromatic heterocycles. The summed E-state index contributed by atoms with van der Waals surface area (Å²) in [6.07, 6.45) is -0.668. The van der Waals surface area contributed by atoms with Crippen molar-refractivity contribution in [3.05, 3.63) is 60.2 Å². The predicted octanol–water partition coefficient (Wildman–Crippen LogP) is 3.48. The topological polar surface area (TPSA) is 132 Å². The van der Waals surface area contributed by atoms with Gasteiger partial charge in [-0.3, -0.25) is 0 Å². The summed E-state index contributed by atoms with van der Waals surface area (Å²) < 4.78 is 6.66. The second kappa shape index (κ2) is 9.92.